The summed E-state index contributed by atoms with van der Waals surface area (Å²) in [5, 5.41) is 2.78. The van der Waals surface area contributed by atoms with Crippen LogP contribution in [0.15, 0.2) is 43.0 Å². The molecule has 0 radical (unpaired) electrons. The lowest BCUT2D eigenvalue weighted by Gasteiger charge is -2.23. The zero-order valence-electron chi connectivity index (χ0n) is 11.6. The summed E-state index contributed by atoms with van der Waals surface area (Å²) in [5.74, 6) is 0.849. The van der Waals surface area contributed by atoms with Crippen LogP contribution in [0.4, 0.5) is 0 Å². The Balaban J connectivity index is 2.28. The highest BCUT2D eigenvalue weighted by molar-refractivity contribution is 5.81. The Morgan fingerprint density at radius 3 is 2.79 bits per heavy atom. The largest absolute Gasteiger partial charge is 0.492 e. The van der Waals surface area contributed by atoms with Crippen molar-refractivity contribution < 1.29 is 9.53 Å². The zero-order chi connectivity index (χ0) is 14.1. The average molecular weight is 262 g/mol. The molecule has 0 saturated heterocycles. The Morgan fingerprint density at radius 1 is 1.47 bits per heavy atom. The smallest absolute Gasteiger partial charge is 0.237 e. The van der Waals surface area contributed by atoms with Crippen LogP contribution in [-0.4, -0.2) is 43.6 Å². The van der Waals surface area contributed by atoms with E-state index in [2.05, 4.69) is 11.9 Å². The van der Waals surface area contributed by atoms with Gasteiger partial charge in [0.15, 0.2) is 0 Å². The third-order valence-electron chi connectivity index (χ3n) is 2.92. The highest BCUT2D eigenvalue weighted by atomic mass is 16.5. The predicted molar refractivity (Wildman–Crippen MR) is 77.2 cm³/mol. The summed E-state index contributed by atoms with van der Waals surface area (Å²) in [4.78, 5) is 13.7. The van der Waals surface area contributed by atoms with Crippen molar-refractivity contribution in [1.82, 2.24) is 10.2 Å². The number of nitrogens with one attached hydrogen (secondary N) is 1. The van der Waals surface area contributed by atoms with Crippen LogP contribution in [-0.2, 0) is 4.79 Å². The molecule has 1 aromatic carbocycles. The SMILES string of the molecule is C=CCNC(=O)[C@@H](C)N(C)CCOc1ccccc1. The maximum atomic E-state index is 11.7. The standard InChI is InChI=1S/C15H22N2O2/c1-4-10-16-15(18)13(2)17(3)11-12-19-14-8-6-5-7-9-14/h4-9,13H,1,10-12H2,2-3H3,(H,16,18)/t13-/m1/s1. The molecule has 1 rings (SSSR count). The fourth-order valence-electron chi connectivity index (χ4n) is 1.54. The molecule has 1 amide bonds. The Bertz CT molecular complexity index is 392. The Labute approximate surface area is 115 Å². The molecule has 19 heavy (non-hydrogen) atoms. The molecular weight excluding hydrogens is 240 g/mol. The molecule has 0 saturated carbocycles. The summed E-state index contributed by atoms with van der Waals surface area (Å²) >= 11 is 0. The summed E-state index contributed by atoms with van der Waals surface area (Å²) in [6.45, 7) is 7.19. The van der Waals surface area contributed by atoms with Crippen LogP contribution < -0.4 is 10.1 Å². The number of amides is 1. The van der Waals surface area contributed by atoms with Crippen molar-refractivity contribution in [2.75, 3.05) is 26.7 Å². The highest BCUT2D eigenvalue weighted by Gasteiger charge is 2.16. The van der Waals surface area contributed by atoms with Gasteiger partial charge in [-0.15, -0.1) is 6.58 Å². The summed E-state index contributed by atoms with van der Waals surface area (Å²) in [6.07, 6.45) is 1.67. The average Bonchev–Trinajstić information content (AvgIpc) is 2.44. The fraction of sp³-hybridized carbons (Fsp3) is 0.400. The minimum atomic E-state index is -0.181. The van der Waals surface area contributed by atoms with Gasteiger partial charge in [0.2, 0.25) is 5.91 Å². The van der Waals surface area contributed by atoms with Gasteiger partial charge in [-0.3, -0.25) is 9.69 Å². The topological polar surface area (TPSA) is 41.6 Å². The van der Waals surface area contributed by atoms with Crippen molar-refractivity contribution in [3.8, 4) is 5.75 Å². The monoisotopic (exact) mass is 262 g/mol. The number of hydrogen-bond acceptors (Lipinski definition) is 3. The van der Waals surface area contributed by atoms with Crippen LogP contribution in [0.25, 0.3) is 0 Å². The number of hydrogen-bond donors (Lipinski definition) is 1. The van der Waals surface area contributed by atoms with E-state index in [1.54, 1.807) is 6.08 Å². The van der Waals surface area contributed by atoms with Crippen molar-refractivity contribution in [3.63, 3.8) is 0 Å². The summed E-state index contributed by atoms with van der Waals surface area (Å²) in [6, 6.07) is 9.47. The molecule has 1 N–H and O–H groups in total. The lowest BCUT2D eigenvalue weighted by Crippen LogP contribution is -2.44. The zero-order valence-corrected chi connectivity index (χ0v) is 11.6. The van der Waals surface area contributed by atoms with Gasteiger partial charge in [-0.25, -0.2) is 0 Å². The number of carbonyl (C=O) groups is 1. The molecule has 4 nitrogen and oxygen atoms in total. The van der Waals surface area contributed by atoms with Crippen LogP contribution in [0.2, 0.25) is 0 Å². The molecule has 0 heterocycles. The van der Waals surface area contributed by atoms with Gasteiger partial charge in [-0.2, -0.15) is 0 Å². The van der Waals surface area contributed by atoms with Gasteiger partial charge in [0.25, 0.3) is 0 Å². The Morgan fingerprint density at radius 2 is 2.16 bits per heavy atom. The predicted octanol–water partition coefficient (Wildman–Crippen LogP) is 1.69. The molecule has 1 aromatic rings. The van der Waals surface area contributed by atoms with Gasteiger partial charge in [-0.1, -0.05) is 24.3 Å². The molecule has 0 spiro atoms. The van der Waals surface area contributed by atoms with Gasteiger partial charge in [0, 0.05) is 13.1 Å². The van der Waals surface area contributed by atoms with E-state index < -0.39 is 0 Å². The van der Waals surface area contributed by atoms with E-state index in [-0.39, 0.29) is 11.9 Å². The van der Waals surface area contributed by atoms with Gasteiger partial charge in [0.1, 0.15) is 12.4 Å². The second-order valence-electron chi connectivity index (χ2n) is 4.35. The molecule has 0 bridgehead atoms. The molecule has 0 aliphatic rings. The first-order valence-electron chi connectivity index (χ1n) is 6.42. The number of likely N-dealkylation sites (N-methyl/N-ethyl adjacent to an activating group) is 1. The van der Waals surface area contributed by atoms with Gasteiger partial charge in [-0.05, 0) is 26.1 Å². The molecule has 0 aromatic heterocycles. The number of benzene rings is 1. The highest BCUT2D eigenvalue weighted by Crippen LogP contribution is 2.08. The third-order valence-corrected chi connectivity index (χ3v) is 2.92. The van der Waals surface area contributed by atoms with Crippen molar-refractivity contribution in [2.45, 2.75) is 13.0 Å². The minimum absolute atomic E-state index is 0.00195. The number of carbonyl (C=O) groups excluding carboxylic acids is 1. The first-order chi connectivity index (χ1) is 9.15. The summed E-state index contributed by atoms with van der Waals surface area (Å²) in [5.41, 5.74) is 0. The molecule has 0 unspecified atom stereocenters. The van der Waals surface area contributed by atoms with Crippen molar-refractivity contribution in [3.05, 3.63) is 43.0 Å². The van der Waals surface area contributed by atoms with Crippen LogP contribution in [0.3, 0.4) is 0 Å². The molecule has 4 heteroatoms. The van der Waals surface area contributed by atoms with E-state index in [0.717, 1.165) is 5.75 Å². The van der Waals surface area contributed by atoms with Crippen LogP contribution >= 0.6 is 0 Å². The first-order valence-corrected chi connectivity index (χ1v) is 6.42. The quantitative estimate of drug-likeness (QED) is 0.725. The molecule has 0 aliphatic carbocycles. The second-order valence-corrected chi connectivity index (χ2v) is 4.35. The van der Waals surface area contributed by atoms with Gasteiger partial charge >= 0.3 is 0 Å². The molecular formula is C15H22N2O2. The maximum Gasteiger partial charge on any atom is 0.237 e. The number of ether oxygens (including phenoxy) is 1. The van der Waals surface area contributed by atoms with Crippen molar-refractivity contribution in [1.29, 1.82) is 0 Å². The summed E-state index contributed by atoms with van der Waals surface area (Å²) in [7, 11) is 1.91. The first kappa shape index (κ1) is 15.2. The molecule has 0 aliphatic heterocycles. The number of nitrogens with zero attached hydrogens (tertiary/aromatic N) is 1. The fourth-order valence-corrected chi connectivity index (χ4v) is 1.54. The number of para-hydroxylation sites is 1. The Hall–Kier alpha value is -1.81. The molecule has 104 valence electrons. The molecule has 1 atom stereocenters. The van der Waals surface area contributed by atoms with Crippen molar-refractivity contribution in [2.24, 2.45) is 0 Å². The maximum absolute atomic E-state index is 11.7. The number of rotatable bonds is 8. The van der Waals surface area contributed by atoms with Crippen LogP contribution in [0, 0.1) is 0 Å². The van der Waals surface area contributed by atoms with Gasteiger partial charge < -0.3 is 10.1 Å². The van der Waals surface area contributed by atoms with Crippen LogP contribution in [0.5, 0.6) is 5.75 Å². The van der Waals surface area contributed by atoms with E-state index in [0.29, 0.717) is 19.7 Å². The van der Waals surface area contributed by atoms with E-state index in [9.17, 15) is 4.79 Å². The normalized spacial score (nSPS) is 11.9. The molecule has 0 fully saturated rings. The lowest BCUT2D eigenvalue weighted by molar-refractivity contribution is -0.125. The van der Waals surface area contributed by atoms with Crippen LogP contribution in [0.1, 0.15) is 6.92 Å². The van der Waals surface area contributed by atoms with Gasteiger partial charge in [0.05, 0.1) is 6.04 Å². The van der Waals surface area contributed by atoms with E-state index in [1.807, 2.05) is 49.2 Å². The third kappa shape index (κ3) is 5.57. The second kappa shape index (κ2) is 8.32. The minimum Gasteiger partial charge on any atom is -0.492 e. The Kier molecular flexibility index (Phi) is 6.68. The van der Waals surface area contributed by atoms with E-state index in [1.165, 1.54) is 0 Å². The van der Waals surface area contributed by atoms with Crippen molar-refractivity contribution >= 4 is 5.91 Å². The lowest BCUT2D eigenvalue weighted by atomic mass is 10.2. The summed E-state index contributed by atoms with van der Waals surface area (Å²) < 4.78 is 5.60. The van der Waals surface area contributed by atoms with E-state index >= 15 is 0 Å². The van der Waals surface area contributed by atoms with E-state index in [4.69, 9.17) is 4.74 Å².